The number of hydrogen-bond donors (Lipinski definition) is 2. The van der Waals surface area contributed by atoms with Gasteiger partial charge in [0.1, 0.15) is 5.75 Å². The van der Waals surface area contributed by atoms with Crippen molar-refractivity contribution in [1.82, 2.24) is 5.32 Å². The highest BCUT2D eigenvalue weighted by Crippen LogP contribution is 2.15. The van der Waals surface area contributed by atoms with Gasteiger partial charge in [0.25, 0.3) is 0 Å². The van der Waals surface area contributed by atoms with Gasteiger partial charge >= 0.3 is 0 Å². The molecule has 0 saturated heterocycles. The van der Waals surface area contributed by atoms with Crippen molar-refractivity contribution in [2.24, 2.45) is 4.99 Å². The van der Waals surface area contributed by atoms with Gasteiger partial charge in [-0.05, 0) is 19.1 Å². The van der Waals surface area contributed by atoms with Crippen LogP contribution in [0.2, 0.25) is 0 Å². The summed E-state index contributed by atoms with van der Waals surface area (Å²) in [5.74, 6) is 0.221. The topological polar surface area (TPSA) is 66.9 Å². The molecule has 0 aliphatic heterocycles. The molecule has 109 valence electrons. The monoisotopic (exact) mass is 283 g/mol. The first kappa shape index (κ1) is 15.1. The van der Waals surface area contributed by atoms with E-state index in [9.17, 15) is 10.2 Å². The third-order valence-corrected chi connectivity index (χ3v) is 3.16. The highest BCUT2D eigenvalue weighted by atomic mass is 16.3. The van der Waals surface area contributed by atoms with Gasteiger partial charge in [0.15, 0.2) is 0 Å². The van der Waals surface area contributed by atoms with Gasteiger partial charge in [0.2, 0.25) is 0 Å². The Kier molecular flexibility index (Phi) is 5.35. The lowest BCUT2D eigenvalue weighted by Gasteiger charge is -2.14. The van der Waals surface area contributed by atoms with E-state index < -0.39 is 6.10 Å². The van der Waals surface area contributed by atoms with Crippen molar-refractivity contribution in [3.05, 3.63) is 65.4 Å². The number of allylic oxidation sites excluding steroid dienone is 3. The van der Waals surface area contributed by atoms with Crippen LogP contribution < -0.4 is 5.32 Å². The fourth-order valence-corrected chi connectivity index (χ4v) is 1.99. The predicted octanol–water partition coefficient (Wildman–Crippen LogP) is 2.18. The molecule has 4 nitrogen and oxygen atoms in total. The van der Waals surface area contributed by atoms with E-state index in [2.05, 4.69) is 10.3 Å². The Balaban J connectivity index is 1.82. The molecule has 0 amide bonds. The second kappa shape index (κ2) is 7.45. The van der Waals surface area contributed by atoms with Crippen molar-refractivity contribution in [3.8, 4) is 5.75 Å². The molecule has 0 aromatic heterocycles. The molecule has 0 fully saturated rings. The minimum absolute atomic E-state index is 0.221. The highest BCUT2D eigenvalue weighted by Gasteiger charge is 2.10. The minimum Gasteiger partial charge on any atom is -0.507 e. The summed E-state index contributed by atoms with van der Waals surface area (Å²) in [5.41, 5.74) is 2.34. The van der Waals surface area contributed by atoms with Crippen LogP contribution in [0.5, 0.6) is 5.75 Å². The highest BCUT2D eigenvalue weighted by molar-refractivity contribution is 5.83. The van der Waals surface area contributed by atoms with E-state index in [1.165, 1.54) is 0 Å². The molecular weight excluding hydrogens is 264 g/mol. The van der Waals surface area contributed by atoms with Crippen LogP contribution in [0.25, 0.3) is 0 Å². The Hall–Kier alpha value is -2.33. The minimum atomic E-state index is -0.580. The van der Waals surface area contributed by atoms with Crippen molar-refractivity contribution in [3.63, 3.8) is 0 Å². The molecule has 0 heterocycles. The molecular formula is C17H19N2O2. The zero-order chi connectivity index (χ0) is 15.1. The first-order valence-electron chi connectivity index (χ1n) is 6.87. The van der Waals surface area contributed by atoms with Crippen molar-refractivity contribution in [1.29, 1.82) is 0 Å². The molecule has 4 heteroatoms. The molecule has 21 heavy (non-hydrogen) atoms. The number of nitrogens with zero attached hydrogens (tertiary/aromatic N) is 2. The summed E-state index contributed by atoms with van der Waals surface area (Å²) in [6, 6.07) is 7.06. The number of benzene rings is 1. The fourth-order valence-electron chi connectivity index (χ4n) is 1.99. The van der Waals surface area contributed by atoms with Crippen LogP contribution in [0.15, 0.2) is 64.8 Å². The maximum Gasteiger partial charge on any atom is 0.124 e. The molecule has 1 radical (unpaired) electrons. The third-order valence-electron chi connectivity index (χ3n) is 3.16. The number of phenolic OH excluding ortho intramolecular Hbond substituents is 1. The second-order valence-corrected chi connectivity index (χ2v) is 4.71. The Morgan fingerprint density at radius 1 is 1.24 bits per heavy atom. The summed E-state index contributed by atoms with van der Waals surface area (Å²) in [6.45, 7) is 2.97. The Morgan fingerprint density at radius 2 is 2.05 bits per heavy atom. The third kappa shape index (κ3) is 4.33. The summed E-state index contributed by atoms with van der Waals surface area (Å²) < 4.78 is 0. The molecule has 1 atom stereocenters. The van der Waals surface area contributed by atoms with Gasteiger partial charge < -0.3 is 10.2 Å². The second-order valence-electron chi connectivity index (χ2n) is 4.71. The number of aliphatic hydroxyl groups is 1. The summed E-state index contributed by atoms with van der Waals surface area (Å²) >= 11 is 0. The number of aliphatic imine (C=N–C) groups is 1. The average Bonchev–Trinajstić information content (AvgIpc) is 2.49. The first-order chi connectivity index (χ1) is 10.2. The molecule has 1 aliphatic rings. The van der Waals surface area contributed by atoms with Crippen molar-refractivity contribution in [2.75, 3.05) is 13.1 Å². The maximum atomic E-state index is 9.81. The molecule has 2 N–H and O–H groups in total. The number of aliphatic hydroxyl groups excluding tert-OH is 1. The smallest absolute Gasteiger partial charge is 0.124 e. The number of phenols is 1. The lowest BCUT2D eigenvalue weighted by atomic mass is 10.0. The van der Waals surface area contributed by atoms with Crippen LogP contribution in [-0.4, -0.2) is 35.6 Å². The Labute approximate surface area is 124 Å². The van der Waals surface area contributed by atoms with E-state index in [-0.39, 0.29) is 5.75 Å². The largest absolute Gasteiger partial charge is 0.507 e. The molecule has 0 spiro atoms. The van der Waals surface area contributed by atoms with Crippen molar-refractivity contribution in [2.45, 2.75) is 13.0 Å². The quantitative estimate of drug-likeness (QED) is 0.642. The molecule has 0 bridgehead atoms. The van der Waals surface area contributed by atoms with Crippen LogP contribution in [0.1, 0.15) is 12.5 Å². The van der Waals surface area contributed by atoms with Crippen LogP contribution >= 0.6 is 0 Å². The van der Waals surface area contributed by atoms with Gasteiger partial charge in [-0.25, -0.2) is 0 Å². The number of para-hydroxylation sites is 1. The molecule has 0 saturated carbocycles. The zero-order valence-corrected chi connectivity index (χ0v) is 12.0. The van der Waals surface area contributed by atoms with Crippen LogP contribution in [0.4, 0.5) is 0 Å². The first-order valence-corrected chi connectivity index (χ1v) is 6.87. The molecule has 1 unspecified atom stereocenters. The summed E-state index contributed by atoms with van der Waals surface area (Å²) in [4.78, 5) is 4.24. The summed E-state index contributed by atoms with van der Waals surface area (Å²) in [5, 5.41) is 23.8. The van der Waals surface area contributed by atoms with E-state index in [0.29, 0.717) is 18.7 Å². The van der Waals surface area contributed by atoms with E-state index in [4.69, 9.17) is 0 Å². The molecule has 1 aromatic carbocycles. The Bertz CT molecular complexity index is 601. The molecule has 1 aromatic rings. The Morgan fingerprint density at radius 3 is 2.81 bits per heavy atom. The molecule has 2 rings (SSSR count). The number of rotatable bonds is 5. The van der Waals surface area contributed by atoms with Gasteiger partial charge in [-0.1, -0.05) is 36.4 Å². The van der Waals surface area contributed by atoms with Crippen molar-refractivity contribution >= 4 is 6.21 Å². The van der Waals surface area contributed by atoms with Crippen molar-refractivity contribution < 1.29 is 10.2 Å². The van der Waals surface area contributed by atoms with Gasteiger partial charge in [0, 0.05) is 23.0 Å². The predicted molar refractivity (Wildman–Crippen MR) is 84.6 cm³/mol. The van der Waals surface area contributed by atoms with E-state index in [0.717, 1.165) is 11.3 Å². The number of hydrogen-bond acceptors (Lipinski definition) is 3. The molecule has 1 aliphatic carbocycles. The zero-order valence-electron chi connectivity index (χ0n) is 12.0. The van der Waals surface area contributed by atoms with E-state index >= 15 is 0 Å². The van der Waals surface area contributed by atoms with Gasteiger partial charge in [-0.2, -0.15) is 0 Å². The fraction of sp³-hybridized carbons (Fsp3) is 0.235. The lowest BCUT2D eigenvalue weighted by Crippen LogP contribution is -2.15. The number of aromatic hydroxyl groups is 1. The average molecular weight is 283 g/mol. The van der Waals surface area contributed by atoms with E-state index in [1.807, 2.05) is 31.2 Å². The summed E-state index contributed by atoms with van der Waals surface area (Å²) in [6.07, 6.45) is 8.36. The van der Waals surface area contributed by atoms with Gasteiger partial charge in [-0.3, -0.25) is 10.3 Å². The summed E-state index contributed by atoms with van der Waals surface area (Å²) in [7, 11) is 0. The van der Waals surface area contributed by atoms with E-state index in [1.54, 1.807) is 30.5 Å². The van der Waals surface area contributed by atoms with Gasteiger partial charge in [-0.15, -0.1) is 0 Å². The SMILES string of the molecule is C/C([N]CCN=Cc1ccccc1O)=C1\C=CC=CC1O. The van der Waals surface area contributed by atoms with Crippen LogP contribution in [0, 0.1) is 0 Å². The maximum absolute atomic E-state index is 9.81. The van der Waals surface area contributed by atoms with Crippen LogP contribution in [0.3, 0.4) is 0 Å². The van der Waals surface area contributed by atoms with Gasteiger partial charge in [0.05, 0.1) is 19.2 Å². The normalized spacial score (nSPS) is 20.0. The lowest BCUT2D eigenvalue weighted by molar-refractivity contribution is 0.260. The standard InChI is InChI=1S/C17H19N2O2/c1-13(15-7-3-5-9-17(15)21)19-11-10-18-12-14-6-2-4-8-16(14)20/h2-9,12,17,20-21H,10-11H2,1H3/b15-13-,18-12?. The van der Waals surface area contributed by atoms with Crippen LogP contribution in [-0.2, 0) is 0 Å².